The van der Waals surface area contributed by atoms with Crippen molar-refractivity contribution in [2.75, 3.05) is 13.1 Å². The summed E-state index contributed by atoms with van der Waals surface area (Å²) in [5, 5.41) is 2.94. The van der Waals surface area contributed by atoms with Crippen LogP contribution in [0.4, 0.5) is 0 Å². The van der Waals surface area contributed by atoms with E-state index in [9.17, 15) is 9.59 Å². The topological polar surface area (TPSA) is 49.4 Å². The highest BCUT2D eigenvalue weighted by Gasteiger charge is 2.33. The predicted octanol–water partition coefficient (Wildman–Crippen LogP) is 3.23. The molecule has 1 aromatic carbocycles. The van der Waals surface area contributed by atoms with Crippen LogP contribution in [0, 0.1) is 11.8 Å². The fourth-order valence-electron chi connectivity index (χ4n) is 4.17. The number of likely N-dealkylation sites (tertiary alicyclic amines) is 1. The van der Waals surface area contributed by atoms with Gasteiger partial charge in [0.25, 0.3) is 5.91 Å². The summed E-state index contributed by atoms with van der Waals surface area (Å²) in [4.78, 5) is 26.8. The van der Waals surface area contributed by atoms with Crippen LogP contribution in [0.1, 0.15) is 55.8 Å². The molecule has 3 atom stereocenters. The molecule has 0 aromatic heterocycles. The lowest BCUT2D eigenvalue weighted by Gasteiger charge is -2.41. The first-order valence-electron chi connectivity index (χ1n) is 9.27. The normalized spacial score (nSPS) is 24.8. The standard InChI is InChI=1S/C20H28N2O2/c1-15(21-20(24)17-8-3-2-4-9-17)13-19(23)22-12-11-16-7-5-6-10-18(16)14-22/h2-4,8-9,15-16,18H,5-7,10-14H2,1H3,(H,21,24). The number of hydrogen-bond acceptors (Lipinski definition) is 2. The van der Waals surface area contributed by atoms with Crippen LogP contribution in [0.5, 0.6) is 0 Å². The lowest BCUT2D eigenvalue weighted by Crippen LogP contribution is -2.46. The summed E-state index contributed by atoms with van der Waals surface area (Å²) < 4.78 is 0. The summed E-state index contributed by atoms with van der Waals surface area (Å²) >= 11 is 0. The number of fused-ring (bicyclic) bond motifs is 1. The van der Waals surface area contributed by atoms with E-state index in [2.05, 4.69) is 5.32 Å². The Hall–Kier alpha value is -1.84. The van der Waals surface area contributed by atoms with Gasteiger partial charge in [-0.05, 0) is 43.7 Å². The first kappa shape index (κ1) is 17.0. The third-order valence-electron chi connectivity index (χ3n) is 5.54. The highest BCUT2D eigenvalue weighted by atomic mass is 16.2. The molecule has 1 aromatic rings. The molecule has 1 heterocycles. The second-order valence-corrected chi connectivity index (χ2v) is 7.38. The number of nitrogens with zero attached hydrogens (tertiary/aromatic N) is 1. The van der Waals surface area contributed by atoms with Crippen LogP contribution in [0.25, 0.3) is 0 Å². The fraction of sp³-hybridized carbons (Fsp3) is 0.600. The molecule has 1 saturated carbocycles. The van der Waals surface area contributed by atoms with Crippen molar-refractivity contribution >= 4 is 11.8 Å². The zero-order valence-corrected chi connectivity index (χ0v) is 14.5. The van der Waals surface area contributed by atoms with Crippen molar-refractivity contribution in [1.29, 1.82) is 0 Å². The molecule has 4 heteroatoms. The van der Waals surface area contributed by atoms with Gasteiger partial charge in [0.2, 0.25) is 5.91 Å². The van der Waals surface area contributed by atoms with Gasteiger partial charge in [-0.25, -0.2) is 0 Å². The summed E-state index contributed by atoms with van der Waals surface area (Å²) in [6, 6.07) is 9.01. The van der Waals surface area contributed by atoms with Gasteiger partial charge < -0.3 is 10.2 Å². The van der Waals surface area contributed by atoms with Gasteiger partial charge in [-0.3, -0.25) is 9.59 Å². The molecule has 2 amide bonds. The molecule has 1 aliphatic carbocycles. The van der Waals surface area contributed by atoms with E-state index < -0.39 is 0 Å². The van der Waals surface area contributed by atoms with Crippen molar-refractivity contribution in [3.8, 4) is 0 Å². The van der Waals surface area contributed by atoms with E-state index in [1.165, 1.54) is 25.7 Å². The molecule has 24 heavy (non-hydrogen) atoms. The Labute approximate surface area is 144 Å². The SMILES string of the molecule is CC(CC(=O)N1CCC2CCCCC2C1)NC(=O)c1ccccc1. The second kappa shape index (κ2) is 7.82. The largest absolute Gasteiger partial charge is 0.349 e. The smallest absolute Gasteiger partial charge is 0.251 e. The van der Waals surface area contributed by atoms with Crippen molar-refractivity contribution < 1.29 is 9.59 Å². The lowest BCUT2D eigenvalue weighted by atomic mass is 9.75. The van der Waals surface area contributed by atoms with E-state index in [1.807, 2.05) is 30.0 Å². The second-order valence-electron chi connectivity index (χ2n) is 7.38. The van der Waals surface area contributed by atoms with E-state index >= 15 is 0 Å². The molecule has 2 fully saturated rings. The molecular formula is C20H28N2O2. The maximum atomic E-state index is 12.6. The minimum Gasteiger partial charge on any atom is -0.349 e. The van der Waals surface area contributed by atoms with E-state index in [4.69, 9.17) is 0 Å². The molecular weight excluding hydrogens is 300 g/mol. The van der Waals surface area contributed by atoms with Gasteiger partial charge in [0.05, 0.1) is 0 Å². The molecule has 1 saturated heterocycles. The zero-order chi connectivity index (χ0) is 16.9. The first-order chi connectivity index (χ1) is 11.6. The average Bonchev–Trinajstić information content (AvgIpc) is 2.61. The molecule has 4 nitrogen and oxygen atoms in total. The molecule has 3 unspecified atom stereocenters. The molecule has 1 aliphatic heterocycles. The van der Waals surface area contributed by atoms with Crippen molar-refractivity contribution in [2.24, 2.45) is 11.8 Å². The van der Waals surface area contributed by atoms with Crippen molar-refractivity contribution in [3.05, 3.63) is 35.9 Å². The summed E-state index contributed by atoms with van der Waals surface area (Å²) in [5.74, 6) is 1.60. The number of carbonyl (C=O) groups excluding carboxylic acids is 2. The number of benzene rings is 1. The summed E-state index contributed by atoms with van der Waals surface area (Å²) in [6.07, 6.45) is 6.83. The van der Waals surface area contributed by atoms with Crippen LogP contribution in [0.3, 0.4) is 0 Å². The van der Waals surface area contributed by atoms with Gasteiger partial charge in [-0.15, -0.1) is 0 Å². The third-order valence-corrected chi connectivity index (χ3v) is 5.54. The third kappa shape index (κ3) is 4.16. The van der Waals surface area contributed by atoms with Gasteiger partial charge in [0, 0.05) is 31.1 Å². The number of hydrogen-bond donors (Lipinski definition) is 1. The highest BCUT2D eigenvalue weighted by molar-refractivity contribution is 5.94. The number of piperidine rings is 1. The Bertz CT molecular complexity index is 572. The molecule has 0 radical (unpaired) electrons. The Balaban J connectivity index is 1.48. The Kier molecular flexibility index (Phi) is 5.54. The van der Waals surface area contributed by atoms with Crippen molar-refractivity contribution in [2.45, 2.75) is 51.5 Å². The average molecular weight is 328 g/mol. The van der Waals surface area contributed by atoms with Crippen LogP contribution in [-0.2, 0) is 4.79 Å². The summed E-state index contributed by atoms with van der Waals surface area (Å²) in [6.45, 7) is 3.72. The molecule has 0 bridgehead atoms. The van der Waals surface area contributed by atoms with Gasteiger partial charge in [0.1, 0.15) is 0 Å². The highest BCUT2D eigenvalue weighted by Crippen LogP contribution is 2.36. The minimum absolute atomic E-state index is 0.109. The monoisotopic (exact) mass is 328 g/mol. The Morgan fingerprint density at radius 1 is 1.12 bits per heavy atom. The van der Waals surface area contributed by atoms with E-state index in [1.54, 1.807) is 12.1 Å². The van der Waals surface area contributed by atoms with Crippen LogP contribution < -0.4 is 5.32 Å². The number of nitrogens with one attached hydrogen (secondary N) is 1. The van der Waals surface area contributed by atoms with Gasteiger partial charge >= 0.3 is 0 Å². The Morgan fingerprint density at radius 3 is 2.58 bits per heavy atom. The van der Waals surface area contributed by atoms with Gasteiger partial charge in [-0.2, -0.15) is 0 Å². The molecule has 1 N–H and O–H groups in total. The summed E-state index contributed by atoms with van der Waals surface area (Å²) in [5.41, 5.74) is 0.639. The predicted molar refractivity (Wildman–Crippen MR) is 94.6 cm³/mol. The molecule has 2 aliphatic rings. The maximum absolute atomic E-state index is 12.6. The van der Waals surface area contributed by atoms with E-state index in [-0.39, 0.29) is 17.9 Å². The zero-order valence-electron chi connectivity index (χ0n) is 14.5. The van der Waals surface area contributed by atoms with Crippen molar-refractivity contribution in [3.63, 3.8) is 0 Å². The van der Waals surface area contributed by atoms with E-state index in [0.717, 1.165) is 25.4 Å². The number of amides is 2. The Morgan fingerprint density at radius 2 is 1.83 bits per heavy atom. The van der Waals surface area contributed by atoms with E-state index in [0.29, 0.717) is 17.9 Å². The molecule has 3 rings (SSSR count). The van der Waals surface area contributed by atoms with Gasteiger partial charge in [-0.1, -0.05) is 37.5 Å². The fourth-order valence-corrected chi connectivity index (χ4v) is 4.17. The summed E-state index contributed by atoms with van der Waals surface area (Å²) in [7, 11) is 0. The van der Waals surface area contributed by atoms with Crippen LogP contribution in [0.15, 0.2) is 30.3 Å². The molecule has 130 valence electrons. The quantitative estimate of drug-likeness (QED) is 0.922. The minimum atomic E-state index is -0.144. The van der Waals surface area contributed by atoms with Crippen LogP contribution in [-0.4, -0.2) is 35.8 Å². The molecule has 0 spiro atoms. The van der Waals surface area contributed by atoms with Crippen LogP contribution >= 0.6 is 0 Å². The van der Waals surface area contributed by atoms with Crippen molar-refractivity contribution in [1.82, 2.24) is 10.2 Å². The lowest BCUT2D eigenvalue weighted by molar-refractivity contribution is -0.134. The number of rotatable bonds is 4. The first-order valence-corrected chi connectivity index (χ1v) is 9.27. The maximum Gasteiger partial charge on any atom is 0.251 e. The van der Waals surface area contributed by atoms with Crippen LogP contribution in [0.2, 0.25) is 0 Å². The number of carbonyl (C=O) groups is 2. The van der Waals surface area contributed by atoms with Gasteiger partial charge in [0.15, 0.2) is 0 Å².